The van der Waals surface area contributed by atoms with E-state index in [0.29, 0.717) is 6.54 Å². The summed E-state index contributed by atoms with van der Waals surface area (Å²) in [5.74, 6) is 0.0339. The van der Waals surface area contributed by atoms with Crippen molar-refractivity contribution in [1.82, 2.24) is 30.1 Å². The highest BCUT2D eigenvalue weighted by Gasteiger charge is 2.23. The average Bonchev–Trinajstić information content (AvgIpc) is 3.13. The van der Waals surface area contributed by atoms with Crippen LogP contribution >= 0.6 is 0 Å². The maximum atomic E-state index is 12.3. The zero-order valence-corrected chi connectivity index (χ0v) is 11.4. The summed E-state index contributed by atoms with van der Waals surface area (Å²) in [6.45, 7) is 1.53. The number of H-pyrrole nitrogens is 1. The Bertz CT molecular complexity index is 791. The van der Waals surface area contributed by atoms with Crippen molar-refractivity contribution >= 4 is 16.8 Å². The van der Waals surface area contributed by atoms with Crippen LogP contribution in [0.5, 0.6) is 0 Å². The lowest BCUT2D eigenvalue weighted by Gasteiger charge is -2.27. The van der Waals surface area contributed by atoms with E-state index in [9.17, 15) is 4.79 Å². The molecule has 0 unspecified atom stereocenters. The van der Waals surface area contributed by atoms with Crippen LogP contribution in [0, 0.1) is 0 Å². The second-order valence-corrected chi connectivity index (χ2v) is 5.20. The van der Waals surface area contributed by atoms with Crippen LogP contribution in [0.2, 0.25) is 0 Å². The molecule has 1 N–H and O–H groups in total. The molecule has 0 saturated heterocycles. The van der Waals surface area contributed by atoms with Gasteiger partial charge in [-0.1, -0.05) is 18.2 Å². The van der Waals surface area contributed by atoms with Gasteiger partial charge in [0.25, 0.3) is 0 Å². The van der Waals surface area contributed by atoms with E-state index in [0.717, 1.165) is 24.2 Å². The van der Waals surface area contributed by atoms with E-state index in [2.05, 4.69) is 32.6 Å². The Kier molecular flexibility index (Phi) is 2.70. The first-order chi connectivity index (χ1) is 10.3. The van der Waals surface area contributed by atoms with Gasteiger partial charge >= 0.3 is 0 Å². The number of hydrogen-bond acceptors (Lipinski definition) is 4. The van der Waals surface area contributed by atoms with E-state index >= 15 is 0 Å². The number of hydrogen-bond donors (Lipinski definition) is 1. The van der Waals surface area contributed by atoms with Gasteiger partial charge in [-0.3, -0.25) is 4.79 Å². The van der Waals surface area contributed by atoms with Crippen molar-refractivity contribution in [2.24, 2.45) is 0 Å². The molecule has 106 valence electrons. The van der Waals surface area contributed by atoms with Gasteiger partial charge in [-0.25, -0.2) is 4.68 Å². The SMILES string of the molecule is O=C(Cn1cnnn1)N1CCc2c([nH]c3ccccc23)C1. The van der Waals surface area contributed by atoms with Gasteiger partial charge in [-0.2, -0.15) is 0 Å². The predicted octanol–water partition coefficient (Wildman–Crippen LogP) is 0.739. The molecule has 3 aromatic rings. The molecule has 0 saturated carbocycles. The highest BCUT2D eigenvalue weighted by atomic mass is 16.2. The van der Waals surface area contributed by atoms with Gasteiger partial charge in [-0.05, 0) is 28.5 Å². The second-order valence-electron chi connectivity index (χ2n) is 5.20. The van der Waals surface area contributed by atoms with Crippen LogP contribution in [0.3, 0.4) is 0 Å². The number of aromatic amines is 1. The Morgan fingerprint density at radius 2 is 2.24 bits per heavy atom. The van der Waals surface area contributed by atoms with Crippen molar-refractivity contribution in [3.05, 3.63) is 41.9 Å². The quantitative estimate of drug-likeness (QED) is 0.752. The van der Waals surface area contributed by atoms with Crippen molar-refractivity contribution in [1.29, 1.82) is 0 Å². The van der Waals surface area contributed by atoms with Crippen molar-refractivity contribution < 1.29 is 4.79 Å². The van der Waals surface area contributed by atoms with Gasteiger partial charge in [0.1, 0.15) is 12.9 Å². The third-order valence-corrected chi connectivity index (χ3v) is 3.92. The van der Waals surface area contributed by atoms with Crippen LogP contribution in [0.15, 0.2) is 30.6 Å². The van der Waals surface area contributed by atoms with Crippen LogP contribution in [0.25, 0.3) is 10.9 Å². The first kappa shape index (κ1) is 12.1. The minimum absolute atomic E-state index is 0.0339. The molecule has 3 heterocycles. The van der Waals surface area contributed by atoms with Gasteiger partial charge in [-0.15, -0.1) is 5.10 Å². The molecule has 0 aliphatic carbocycles. The average molecular weight is 282 g/mol. The van der Waals surface area contributed by atoms with Crippen LogP contribution in [-0.4, -0.2) is 42.5 Å². The smallest absolute Gasteiger partial charge is 0.244 e. The van der Waals surface area contributed by atoms with Gasteiger partial charge in [0.15, 0.2) is 0 Å². The third kappa shape index (κ3) is 2.06. The maximum Gasteiger partial charge on any atom is 0.244 e. The van der Waals surface area contributed by atoms with E-state index in [4.69, 9.17) is 0 Å². The Morgan fingerprint density at radius 1 is 1.33 bits per heavy atom. The normalized spacial score (nSPS) is 14.4. The Labute approximate surface area is 120 Å². The Hall–Kier alpha value is -2.70. The summed E-state index contributed by atoms with van der Waals surface area (Å²) in [6.07, 6.45) is 2.33. The van der Waals surface area contributed by atoms with E-state index in [-0.39, 0.29) is 12.5 Å². The topological polar surface area (TPSA) is 79.7 Å². The fraction of sp³-hybridized carbons (Fsp3) is 0.286. The number of carbonyl (C=O) groups is 1. The first-order valence-corrected chi connectivity index (χ1v) is 6.88. The zero-order chi connectivity index (χ0) is 14.2. The summed E-state index contributed by atoms with van der Waals surface area (Å²) < 4.78 is 1.45. The molecule has 2 aromatic heterocycles. The summed E-state index contributed by atoms with van der Waals surface area (Å²) in [4.78, 5) is 17.6. The lowest BCUT2D eigenvalue weighted by Crippen LogP contribution is -2.38. The molecule has 0 radical (unpaired) electrons. The van der Waals surface area contributed by atoms with Crippen molar-refractivity contribution in [2.75, 3.05) is 6.54 Å². The van der Waals surface area contributed by atoms with Gasteiger partial charge in [0.2, 0.25) is 5.91 Å². The van der Waals surface area contributed by atoms with Crippen molar-refractivity contribution in [3.63, 3.8) is 0 Å². The zero-order valence-electron chi connectivity index (χ0n) is 11.4. The van der Waals surface area contributed by atoms with Gasteiger partial charge in [0, 0.05) is 23.1 Å². The lowest BCUT2D eigenvalue weighted by atomic mass is 10.0. The number of aromatic nitrogens is 5. The number of carbonyl (C=O) groups excluding carboxylic acids is 1. The standard InChI is InChI=1S/C14H14N6O/c21-14(8-20-9-15-17-18-20)19-6-5-11-10-3-1-2-4-12(10)16-13(11)7-19/h1-4,9,16H,5-8H2. The molecule has 7 heteroatoms. The molecule has 0 spiro atoms. The van der Waals surface area contributed by atoms with Gasteiger partial charge in [0.05, 0.1) is 6.54 Å². The number of nitrogens with one attached hydrogen (secondary N) is 1. The molecule has 21 heavy (non-hydrogen) atoms. The fourth-order valence-electron chi connectivity index (χ4n) is 2.90. The number of amides is 1. The lowest BCUT2D eigenvalue weighted by molar-refractivity contribution is -0.133. The highest BCUT2D eigenvalue weighted by Crippen LogP contribution is 2.27. The molecule has 0 atom stereocenters. The molecule has 7 nitrogen and oxygen atoms in total. The summed E-state index contributed by atoms with van der Waals surface area (Å²) in [5.41, 5.74) is 3.60. The molecule has 0 bridgehead atoms. The fourth-order valence-corrected chi connectivity index (χ4v) is 2.90. The highest BCUT2D eigenvalue weighted by molar-refractivity contribution is 5.85. The van der Waals surface area contributed by atoms with Crippen LogP contribution < -0.4 is 0 Å². The van der Waals surface area contributed by atoms with Crippen LogP contribution in [-0.2, 0) is 24.3 Å². The molecule has 1 aliphatic rings. The molecular weight excluding hydrogens is 268 g/mol. The minimum Gasteiger partial charge on any atom is -0.357 e. The monoisotopic (exact) mass is 282 g/mol. The Morgan fingerprint density at radius 3 is 3.10 bits per heavy atom. The van der Waals surface area contributed by atoms with Crippen LogP contribution in [0.1, 0.15) is 11.3 Å². The maximum absolute atomic E-state index is 12.3. The second kappa shape index (κ2) is 4.69. The number of para-hydroxylation sites is 1. The third-order valence-electron chi connectivity index (χ3n) is 3.92. The number of tetrazole rings is 1. The summed E-state index contributed by atoms with van der Waals surface area (Å²) in [7, 11) is 0. The number of fused-ring (bicyclic) bond motifs is 3. The molecule has 4 rings (SSSR count). The molecule has 1 amide bonds. The van der Waals surface area contributed by atoms with Crippen molar-refractivity contribution in [3.8, 4) is 0 Å². The number of nitrogens with zero attached hydrogens (tertiary/aromatic N) is 5. The van der Waals surface area contributed by atoms with Crippen LogP contribution in [0.4, 0.5) is 0 Å². The summed E-state index contributed by atoms with van der Waals surface area (Å²) in [6, 6.07) is 8.26. The Balaban J connectivity index is 1.57. The number of rotatable bonds is 2. The predicted molar refractivity (Wildman–Crippen MR) is 75.2 cm³/mol. The van der Waals surface area contributed by atoms with E-state index < -0.39 is 0 Å². The molecule has 1 aliphatic heterocycles. The molecule has 1 aromatic carbocycles. The van der Waals surface area contributed by atoms with E-state index in [1.807, 2.05) is 17.0 Å². The minimum atomic E-state index is 0.0339. The molecule has 0 fully saturated rings. The van der Waals surface area contributed by atoms with Gasteiger partial charge < -0.3 is 9.88 Å². The largest absolute Gasteiger partial charge is 0.357 e. The summed E-state index contributed by atoms with van der Waals surface area (Å²) in [5, 5.41) is 12.1. The number of benzene rings is 1. The van der Waals surface area contributed by atoms with E-state index in [1.165, 1.54) is 22.0 Å². The molecular formula is C14H14N6O. The first-order valence-electron chi connectivity index (χ1n) is 6.88. The van der Waals surface area contributed by atoms with E-state index in [1.54, 1.807) is 0 Å². The van der Waals surface area contributed by atoms with Crippen molar-refractivity contribution in [2.45, 2.75) is 19.5 Å². The summed E-state index contributed by atoms with van der Waals surface area (Å²) >= 11 is 0.